The molecule has 1 N–H and O–H groups in total. The molecule has 2 fully saturated rings. The zero-order valence-electron chi connectivity index (χ0n) is 22.8. The molecule has 1 amide bonds. The van der Waals surface area contributed by atoms with Crippen LogP contribution in [0.3, 0.4) is 0 Å². The zero-order chi connectivity index (χ0) is 27.1. The highest BCUT2D eigenvalue weighted by Crippen LogP contribution is 2.32. The lowest BCUT2D eigenvalue weighted by Gasteiger charge is -2.35. The van der Waals surface area contributed by atoms with Crippen molar-refractivity contribution in [1.29, 1.82) is 0 Å². The molecule has 2 heterocycles. The van der Waals surface area contributed by atoms with Crippen molar-refractivity contribution in [3.05, 3.63) is 59.2 Å². The fourth-order valence-corrected chi connectivity index (χ4v) is 7.77. The Labute approximate surface area is 227 Å². The van der Waals surface area contributed by atoms with Gasteiger partial charge in [0.25, 0.3) is 0 Å². The van der Waals surface area contributed by atoms with Crippen LogP contribution in [0.5, 0.6) is 5.75 Å². The van der Waals surface area contributed by atoms with Gasteiger partial charge in [-0.05, 0) is 74.4 Å². The van der Waals surface area contributed by atoms with Crippen LogP contribution in [0.15, 0.2) is 47.4 Å². The maximum absolute atomic E-state index is 13.7. The van der Waals surface area contributed by atoms with Crippen LogP contribution in [0, 0.1) is 19.8 Å². The molecular formula is C29H41N3O5S. The predicted molar refractivity (Wildman–Crippen MR) is 148 cm³/mol. The van der Waals surface area contributed by atoms with Crippen LogP contribution in [0.2, 0.25) is 0 Å². The zero-order valence-corrected chi connectivity index (χ0v) is 23.6. The summed E-state index contributed by atoms with van der Waals surface area (Å²) in [5, 5.41) is 3.01. The first-order valence-corrected chi connectivity index (χ1v) is 15.0. The number of benzene rings is 2. The van der Waals surface area contributed by atoms with Crippen molar-refractivity contribution in [2.75, 3.05) is 46.5 Å². The molecule has 8 nitrogen and oxygen atoms in total. The van der Waals surface area contributed by atoms with Crippen molar-refractivity contribution in [2.24, 2.45) is 5.92 Å². The highest BCUT2D eigenvalue weighted by Gasteiger charge is 2.35. The van der Waals surface area contributed by atoms with Gasteiger partial charge in [0.05, 0.1) is 18.6 Å². The van der Waals surface area contributed by atoms with Crippen molar-refractivity contribution < 1.29 is 22.7 Å². The predicted octanol–water partition coefficient (Wildman–Crippen LogP) is 3.51. The Kier molecular flexibility index (Phi) is 9.81. The second-order valence-corrected chi connectivity index (χ2v) is 12.4. The van der Waals surface area contributed by atoms with E-state index in [0.717, 1.165) is 38.9 Å². The Morgan fingerprint density at radius 3 is 2.50 bits per heavy atom. The smallest absolute Gasteiger partial charge is 0.246 e. The van der Waals surface area contributed by atoms with Crippen molar-refractivity contribution in [3.8, 4) is 5.75 Å². The fraction of sp³-hybridized carbons (Fsp3) is 0.552. The summed E-state index contributed by atoms with van der Waals surface area (Å²) in [6, 6.07) is 13.7. The SMILES string of the molecule is COc1cc(C)c(S(=O)(=O)N2CCCCC2COCC(=O)NCC2CCN(Cc3ccccc3)C2)c(C)c1. The Balaban J connectivity index is 1.25. The van der Waals surface area contributed by atoms with E-state index in [0.29, 0.717) is 47.2 Å². The number of sulfonamides is 1. The summed E-state index contributed by atoms with van der Waals surface area (Å²) in [6.07, 6.45) is 3.53. The monoisotopic (exact) mass is 543 g/mol. The molecule has 2 saturated heterocycles. The third-order valence-corrected chi connectivity index (χ3v) is 9.82. The van der Waals surface area contributed by atoms with E-state index >= 15 is 0 Å². The minimum atomic E-state index is -3.70. The first kappa shape index (κ1) is 28.5. The summed E-state index contributed by atoms with van der Waals surface area (Å²) >= 11 is 0. The molecule has 0 spiro atoms. The van der Waals surface area contributed by atoms with Gasteiger partial charge in [0.2, 0.25) is 15.9 Å². The van der Waals surface area contributed by atoms with Crippen molar-refractivity contribution in [2.45, 2.75) is 57.0 Å². The standard InChI is InChI=1S/C29H41N3O5S/c1-22-15-27(36-3)16-23(2)29(22)38(34,35)32-13-8-7-11-26(32)20-37-21-28(33)30-17-25-12-14-31(19-25)18-24-9-5-4-6-10-24/h4-6,9-10,15-16,25-26H,7-8,11-14,17-21H2,1-3H3,(H,30,33). The van der Waals surface area contributed by atoms with Crippen LogP contribution < -0.4 is 10.1 Å². The normalized spacial score (nSPS) is 20.9. The van der Waals surface area contributed by atoms with Crippen LogP contribution in [0.1, 0.15) is 42.4 Å². The Bertz CT molecular complexity index is 1160. The summed E-state index contributed by atoms with van der Waals surface area (Å²) in [7, 11) is -2.13. The number of ether oxygens (including phenoxy) is 2. The second kappa shape index (κ2) is 13.1. The number of carbonyl (C=O) groups excluding carboxylic acids is 1. The molecule has 2 atom stereocenters. The number of methoxy groups -OCH3 is 1. The molecule has 0 aliphatic carbocycles. The van der Waals surface area contributed by atoms with Crippen molar-refractivity contribution in [3.63, 3.8) is 0 Å². The average Bonchev–Trinajstić information content (AvgIpc) is 3.35. The summed E-state index contributed by atoms with van der Waals surface area (Å²) in [5.74, 6) is 0.918. The molecule has 9 heteroatoms. The minimum absolute atomic E-state index is 0.0641. The van der Waals surface area contributed by atoms with Crippen molar-refractivity contribution >= 4 is 15.9 Å². The lowest BCUT2D eigenvalue weighted by molar-refractivity contribution is -0.126. The van der Waals surface area contributed by atoms with Crippen LogP contribution in [-0.4, -0.2) is 76.1 Å². The van der Waals surface area contributed by atoms with Crippen LogP contribution in [0.25, 0.3) is 0 Å². The molecule has 0 radical (unpaired) electrons. The van der Waals surface area contributed by atoms with E-state index in [-0.39, 0.29) is 25.2 Å². The molecule has 0 bridgehead atoms. The van der Waals surface area contributed by atoms with E-state index in [9.17, 15) is 13.2 Å². The summed E-state index contributed by atoms with van der Waals surface area (Å²) in [6.45, 7) is 7.76. The van der Waals surface area contributed by atoms with Gasteiger partial charge in [0, 0.05) is 32.2 Å². The van der Waals surface area contributed by atoms with E-state index in [4.69, 9.17) is 9.47 Å². The van der Waals surface area contributed by atoms with Crippen molar-refractivity contribution in [1.82, 2.24) is 14.5 Å². The molecule has 2 aromatic rings. The number of aryl methyl sites for hydroxylation is 2. The lowest BCUT2D eigenvalue weighted by Crippen LogP contribution is -2.46. The number of nitrogens with one attached hydrogen (secondary N) is 1. The minimum Gasteiger partial charge on any atom is -0.497 e. The van der Waals surface area contributed by atoms with E-state index in [1.54, 1.807) is 37.4 Å². The number of piperidine rings is 1. The Morgan fingerprint density at radius 2 is 1.79 bits per heavy atom. The molecule has 2 aliphatic rings. The molecule has 208 valence electrons. The third-order valence-electron chi connectivity index (χ3n) is 7.56. The summed E-state index contributed by atoms with van der Waals surface area (Å²) in [4.78, 5) is 15.2. The van der Waals surface area contributed by atoms with Gasteiger partial charge >= 0.3 is 0 Å². The van der Waals surface area contributed by atoms with Gasteiger partial charge in [-0.15, -0.1) is 0 Å². The van der Waals surface area contributed by atoms with Gasteiger partial charge in [-0.3, -0.25) is 9.69 Å². The number of nitrogens with zero attached hydrogens (tertiary/aromatic N) is 2. The van der Waals surface area contributed by atoms with E-state index in [1.807, 2.05) is 6.07 Å². The Hall–Kier alpha value is -2.46. The number of hydrogen-bond donors (Lipinski definition) is 1. The molecule has 2 aromatic carbocycles. The highest BCUT2D eigenvalue weighted by molar-refractivity contribution is 7.89. The first-order chi connectivity index (χ1) is 18.3. The molecule has 4 rings (SSSR count). The van der Waals surface area contributed by atoms with Gasteiger partial charge in [-0.2, -0.15) is 4.31 Å². The quantitative estimate of drug-likeness (QED) is 0.467. The molecule has 0 aromatic heterocycles. The molecule has 38 heavy (non-hydrogen) atoms. The second-order valence-electron chi connectivity index (χ2n) is 10.6. The molecule has 0 saturated carbocycles. The molecule has 2 aliphatic heterocycles. The fourth-order valence-electron chi connectivity index (χ4n) is 5.67. The van der Waals surface area contributed by atoms with Gasteiger partial charge in [-0.25, -0.2) is 8.42 Å². The van der Waals surface area contributed by atoms with Crippen LogP contribution in [0.4, 0.5) is 0 Å². The largest absolute Gasteiger partial charge is 0.497 e. The summed E-state index contributed by atoms with van der Waals surface area (Å²) < 4.78 is 40.0. The maximum atomic E-state index is 13.7. The number of carbonyl (C=O) groups is 1. The number of rotatable bonds is 11. The van der Waals surface area contributed by atoms with Crippen LogP contribution >= 0.6 is 0 Å². The highest BCUT2D eigenvalue weighted by atomic mass is 32.2. The maximum Gasteiger partial charge on any atom is 0.246 e. The van der Waals surface area contributed by atoms with E-state index in [2.05, 4.69) is 34.5 Å². The summed E-state index contributed by atoms with van der Waals surface area (Å²) in [5.41, 5.74) is 2.64. The first-order valence-electron chi connectivity index (χ1n) is 13.6. The van der Waals surface area contributed by atoms with Crippen LogP contribution in [-0.2, 0) is 26.1 Å². The lowest BCUT2D eigenvalue weighted by atomic mass is 10.1. The number of amides is 1. The van der Waals surface area contributed by atoms with E-state index in [1.165, 1.54) is 5.56 Å². The average molecular weight is 544 g/mol. The van der Waals surface area contributed by atoms with E-state index < -0.39 is 10.0 Å². The van der Waals surface area contributed by atoms with Gasteiger partial charge < -0.3 is 14.8 Å². The number of hydrogen-bond acceptors (Lipinski definition) is 6. The third kappa shape index (κ3) is 7.14. The van der Waals surface area contributed by atoms with Gasteiger partial charge in [0.1, 0.15) is 12.4 Å². The van der Waals surface area contributed by atoms with Gasteiger partial charge in [0.15, 0.2) is 0 Å². The number of likely N-dealkylation sites (tertiary alicyclic amines) is 1. The molecule has 2 unspecified atom stereocenters. The molecular weight excluding hydrogens is 502 g/mol. The Morgan fingerprint density at radius 1 is 1.05 bits per heavy atom. The van der Waals surface area contributed by atoms with Gasteiger partial charge in [-0.1, -0.05) is 36.8 Å². The topological polar surface area (TPSA) is 88.2 Å².